The highest BCUT2D eigenvalue weighted by molar-refractivity contribution is 6.36. The summed E-state index contributed by atoms with van der Waals surface area (Å²) in [6, 6.07) is 17.6. The predicted octanol–water partition coefficient (Wildman–Crippen LogP) is 6.06. The monoisotopic (exact) mass is 581 g/mol. The Morgan fingerprint density at radius 1 is 1.07 bits per heavy atom. The van der Waals surface area contributed by atoms with E-state index < -0.39 is 0 Å². The molecule has 5 heterocycles. The van der Waals surface area contributed by atoms with Crippen LogP contribution in [0.15, 0.2) is 84.2 Å². The molecule has 0 radical (unpaired) electrons. The third-order valence-corrected chi connectivity index (χ3v) is 7.77. The van der Waals surface area contributed by atoms with Crippen LogP contribution in [0.3, 0.4) is 0 Å². The number of ether oxygens (including phenoxy) is 2. The molecule has 1 saturated carbocycles. The van der Waals surface area contributed by atoms with Crippen molar-refractivity contribution in [2.75, 3.05) is 11.9 Å². The lowest BCUT2D eigenvalue weighted by molar-refractivity contribution is 0.112. The predicted molar refractivity (Wildman–Crippen MR) is 161 cm³/mol. The fraction of sp³-hybridized carbons (Fsp3) is 0.226. The second-order valence-corrected chi connectivity index (χ2v) is 10.7. The van der Waals surface area contributed by atoms with Crippen molar-refractivity contribution in [1.29, 1.82) is 0 Å². The molecular weight excluding hydrogens is 554 g/mol. The molecule has 1 fully saturated rings. The van der Waals surface area contributed by atoms with Crippen LogP contribution < -0.4 is 15.6 Å². The number of aromatic nitrogens is 6. The van der Waals surface area contributed by atoms with Crippen LogP contribution in [0.1, 0.15) is 29.9 Å². The molecule has 0 aliphatic heterocycles. The first kappa shape index (κ1) is 26.2. The van der Waals surface area contributed by atoms with Crippen LogP contribution in [-0.4, -0.2) is 35.3 Å². The smallest absolute Gasteiger partial charge is 0.274 e. The van der Waals surface area contributed by atoms with Crippen LogP contribution in [-0.2, 0) is 24.9 Å². The van der Waals surface area contributed by atoms with Crippen molar-refractivity contribution in [2.24, 2.45) is 7.05 Å². The van der Waals surface area contributed by atoms with Crippen molar-refractivity contribution in [3.8, 4) is 11.5 Å². The van der Waals surface area contributed by atoms with Crippen LogP contribution >= 0.6 is 11.6 Å². The number of hydrogen-bond donors (Lipinski definition) is 1. The van der Waals surface area contributed by atoms with E-state index in [-0.39, 0.29) is 5.56 Å². The quantitative estimate of drug-likeness (QED) is 0.196. The van der Waals surface area contributed by atoms with Gasteiger partial charge in [-0.25, -0.2) is 9.50 Å². The lowest BCUT2D eigenvalue weighted by Crippen LogP contribution is -2.25. The average molecular weight is 582 g/mol. The number of benzene rings is 1. The molecule has 0 amide bonds. The summed E-state index contributed by atoms with van der Waals surface area (Å²) in [5.41, 5.74) is 4.34. The highest BCUT2D eigenvalue weighted by Crippen LogP contribution is 2.41. The summed E-state index contributed by atoms with van der Waals surface area (Å²) < 4.78 is 17.2. The number of nitrogens with zero attached hydrogens (tertiary/aromatic N) is 6. The highest BCUT2D eigenvalue weighted by atomic mass is 35.5. The molecule has 6 aromatic rings. The largest absolute Gasteiger partial charge is 0.450 e. The van der Waals surface area contributed by atoms with Gasteiger partial charge in [-0.15, -0.1) is 0 Å². The Morgan fingerprint density at radius 3 is 2.74 bits per heavy atom. The molecule has 42 heavy (non-hydrogen) atoms. The zero-order chi connectivity index (χ0) is 28.6. The average Bonchev–Trinajstić information content (AvgIpc) is 3.71. The first-order valence-electron chi connectivity index (χ1n) is 13.8. The Balaban J connectivity index is 1.14. The third kappa shape index (κ3) is 5.10. The zero-order valence-electron chi connectivity index (χ0n) is 22.9. The van der Waals surface area contributed by atoms with E-state index >= 15 is 0 Å². The molecule has 0 spiro atoms. The number of pyridine rings is 3. The topological polar surface area (TPSA) is 100 Å². The summed E-state index contributed by atoms with van der Waals surface area (Å²) in [5.74, 6) is 1.85. The van der Waals surface area contributed by atoms with Gasteiger partial charge in [0.05, 0.1) is 25.6 Å². The Morgan fingerprint density at radius 2 is 1.90 bits per heavy atom. The van der Waals surface area contributed by atoms with Gasteiger partial charge in [-0.05, 0) is 48.1 Å². The van der Waals surface area contributed by atoms with Crippen molar-refractivity contribution < 1.29 is 9.47 Å². The van der Waals surface area contributed by atoms with Gasteiger partial charge in [0.25, 0.3) is 5.56 Å². The van der Waals surface area contributed by atoms with E-state index in [1.807, 2.05) is 74.0 Å². The number of imidazole rings is 1. The molecule has 1 N–H and O–H groups in total. The minimum atomic E-state index is -0.147. The molecule has 7 rings (SSSR count). The maximum absolute atomic E-state index is 13.5. The van der Waals surface area contributed by atoms with Gasteiger partial charge in [-0.3, -0.25) is 4.79 Å². The summed E-state index contributed by atoms with van der Waals surface area (Å²) in [6.07, 6.45) is 9.20. The molecule has 0 atom stereocenters. The molecule has 212 valence electrons. The van der Waals surface area contributed by atoms with E-state index in [4.69, 9.17) is 21.1 Å². The van der Waals surface area contributed by atoms with Gasteiger partial charge in [0.2, 0.25) is 5.95 Å². The SMILES string of the molecule is Cn1c(Nc2cc(C3CC3)cn(CCOCc3ccccc3)c2=O)nc2ncc(Oc3cnn4ccccc34)c(Cl)c21. The first-order chi connectivity index (χ1) is 20.5. The maximum atomic E-state index is 13.5. The maximum Gasteiger partial charge on any atom is 0.274 e. The van der Waals surface area contributed by atoms with Crippen LogP contribution in [0.2, 0.25) is 5.02 Å². The van der Waals surface area contributed by atoms with E-state index in [9.17, 15) is 4.79 Å². The van der Waals surface area contributed by atoms with E-state index in [1.165, 1.54) is 0 Å². The van der Waals surface area contributed by atoms with Crippen molar-refractivity contribution in [3.63, 3.8) is 0 Å². The molecule has 11 heteroatoms. The number of nitrogens with one attached hydrogen (secondary N) is 1. The number of aryl methyl sites for hydroxylation is 1. The Kier molecular flexibility index (Phi) is 6.85. The van der Waals surface area contributed by atoms with Crippen LogP contribution in [0.25, 0.3) is 16.7 Å². The lowest BCUT2D eigenvalue weighted by atomic mass is 10.2. The Hall–Kier alpha value is -4.67. The van der Waals surface area contributed by atoms with Crippen molar-refractivity contribution in [3.05, 3.63) is 106 Å². The highest BCUT2D eigenvalue weighted by Gasteiger charge is 2.26. The molecule has 10 nitrogen and oxygen atoms in total. The van der Waals surface area contributed by atoms with Crippen molar-refractivity contribution in [1.82, 2.24) is 28.7 Å². The van der Waals surface area contributed by atoms with Gasteiger partial charge in [0, 0.05) is 26.0 Å². The minimum absolute atomic E-state index is 0.147. The number of fused-ring (bicyclic) bond motifs is 2. The van der Waals surface area contributed by atoms with Crippen molar-refractivity contribution >= 4 is 39.9 Å². The first-order valence-corrected chi connectivity index (χ1v) is 14.2. The van der Waals surface area contributed by atoms with Crippen LogP contribution in [0, 0.1) is 0 Å². The van der Waals surface area contributed by atoms with Crippen molar-refractivity contribution in [2.45, 2.75) is 31.9 Å². The molecule has 1 aliphatic carbocycles. The van der Waals surface area contributed by atoms with Crippen LogP contribution in [0.5, 0.6) is 11.5 Å². The molecule has 0 unspecified atom stereocenters. The molecule has 0 bridgehead atoms. The second kappa shape index (κ2) is 11.0. The number of hydrogen-bond acceptors (Lipinski definition) is 7. The summed E-state index contributed by atoms with van der Waals surface area (Å²) in [5, 5.41) is 7.92. The summed E-state index contributed by atoms with van der Waals surface area (Å²) in [7, 11) is 1.82. The Labute approximate surface area is 246 Å². The normalized spacial score (nSPS) is 13.2. The summed E-state index contributed by atoms with van der Waals surface area (Å²) in [4.78, 5) is 22.6. The molecule has 5 aromatic heterocycles. The third-order valence-electron chi connectivity index (χ3n) is 7.41. The Bertz CT molecular complexity index is 1960. The van der Waals surface area contributed by atoms with Gasteiger partial charge >= 0.3 is 0 Å². The van der Waals surface area contributed by atoms with Crippen LogP contribution in [0.4, 0.5) is 11.6 Å². The molecule has 0 saturated heterocycles. The fourth-order valence-corrected chi connectivity index (χ4v) is 5.30. The second-order valence-electron chi connectivity index (χ2n) is 10.4. The number of halogens is 1. The molecule has 1 aromatic carbocycles. The summed E-state index contributed by atoms with van der Waals surface area (Å²) in [6.45, 7) is 1.37. The molecular formula is C31H28ClN7O3. The van der Waals surface area contributed by atoms with Gasteiger partial charge in [-0.1, -0.05) is 48.0 Å². The fourth-order valence-electron chi connectivity index (χ4n) is 5.01. The zero-order valence-corrected chi connectivity index (χ0v) is 23.7. The van der Waals surface area contributed by atoms with E-state index in [2.05, 4.69) is 20.4 Å². The van der Waals surface area contributed by atoms with E-state index in [0.717, 1.165) is 29.5 Å². The van der Waals surface area contributed by atoms with Gasteiger partial charge < -0.3 is 23.9 Å². The lowest BCUT2D eigenvalue weighted by Gasteiger charge is -2.13. The van der Waals surface area contributed by atoms with Gasteiger partial charge in [0.1, 0.15) is 21.7 Å². The minimum Gasteiger partial charge on any atom is -0.450 e. The summed E-state index contributed by atoms with van der Waals surface area (Å²) >= 11 is 6.82. The standard InChI is InChI=1S/C31H28ClN7O3/c1-37-28-27(32)26(42-25-17-34-39-12-6-5-9-24(25)39)16-33-29(28)36-31(37)35-23-15-22(21-10-11-21)18-38(30(23)40)13-14-41-19-20-7-3-2-4-8-20/h2-9,12,15-18,21H,10-11,13-14,19H2,1H3,(H,33,35,36). The van der Waals surface area contributed by atoms with Gasteiger partial charge in [0.15, 0.2) is 17.1 Å². The number of anilines is 2. The number of rotatable bonds is 10. The van der Waals surface area contributed by atoms with E-state index in [1.54, 1.807) is 26.0 Å². The van der Waals surface area contributed by atoms with E-state index in [0.29, 0.717) is 65.0 Å². The van der Waals surface area contributed by atoms with Gasteiger partial charge in [-0.2, -0.15) is 10.1 Å². The molecule has 1 aliphatic rings.